The number of ether oxygens (including phenoxy) is 1. The van der Waals surface area contributed by atoms with Crippen molar-refractivity contribution in [3.05, 3.63) is 29.8 Å². The standard InChI is InChI=1S/C13H15NO2/c15-13-7-3-5-10-4-1-2-6-12(10)14(13)8-11-9-16-11/h1-2,4,6,11H,3,5,7-9H2. The molecule has 0 aromatic heterocycles. The number of hydrogen-bond donors (Lipinski definition) is 0. The zero-order valence-corrected chi connectivity index (χ0v) is 9.19. The van der Waals surface area contributed by atoms with Crippen molar-refractivity contribution in [2.24, 2.45) is 0 Å². The molecule has 2 heterocycles. The van der Waals surface area contributed by atoms with E-state index in [-0.39, 0.29) is 12.0 Å². The maximum absolute atomic E-state index is 12.0. The van der Waals surface area contributed by atoms with Gasteiger partial charge in [0, 0.05) is 12.1 Å². The van der Waals surface area contributed by atoms with E-state index in [0.29, 0.717) is 6.42 Å². The van der Waals surface area contributed by atoms with Crippen LogP contribution in [0, 0.1) is 0 Å². The van der Waals surface area contributed by atoms with Gasteiger partial charge in [0.25, 0.3) is 0 Å². The number of carbonyl (C=O) groups excluding carboxylic acids is 1. The van der Waals surface area contributed by atoms with E-state index in [1.807, 2.05) is 23.1 Å². The predicted molar refractivity (Wildman–Crippen MR) is 61.5 cm³/mol. The molecule has 3 rings (SSSR count). The van der Waals surface area contributed by atoms with E-state index in [4.69, 9.17) is 4.74 Å². The first kappa shape index (κ1) is 9.85. The summed E-state index contributed by atoms with van der Waals surface area (Å²) in [5.41, 5.74) is 2.37. The van der Waals surface area contributed by atoms with Gasteiger partial charge in [0.05, 0.1) is 19.3 Å². The molecule has 2 aliphatic rings. The van der Waals surface area contributed by atoms with Crippen molar-refractivity contribution in [1.29, 1.82) is 0 Å². The molecule has 0 aliphatic carbocycles. The second kappa shape index (κ2) is 3.91. The van der Waals surface area contributed by atoms with Gasteiger partial charge in [-0.05, 0) is 24.5 Å². The van der Waals surface area contributed by atoms with Crippen LogP contribution in [0.2, 0.25) is 0 Å². The molecule has 0 N–H and O–H groups in total. The summed E-state index contributed by atoms with van der Waals surface area (Å²) in [4.78, 5) is 13.9. The molecule has 0 spiro atoms. The minimum absolute atomic E-state index is 0.237. The van der Waals surface area contributed by atoms with E-state index in [9.17, 15) is 4.79 Å². The lowest BCUT2D eigenvalue weighted by molar-refractivity contribution is -0.118. The number of rotatable bonds is 2. The Kier molecular flexibility index (Phi) is 2.40. The summed E-state index contributed by atoms with van der Waals surface area (Å²) in [6.45, 7) is 1.52. The zero-order valence-electron chi connectivity index (χ0n) is 9.19. The highest BCUT2D eigenvalue weighted by Crippen LogP contribution is 2.28. The van der Waals surface area contributed by atoms with E-state index >= 15 is 0 Å². The number of nitrogens with zero attached hydrogens (tertiary/aromatic N) is 1. The summed E-state index contributed by atoms with van der Waals surface area (Å²) >= 11 is 0. The Balaban J connectivity index is 1.94. The molecule has 1 fully saturated rings. The first-order valence-corrected chi connectivity index (χ1v) is 5.84. The fraction of sp³-hybridized carbons (Fsp3) is 0.462. The summed E-state index contributed by atoms with van der Waals surface area (Å²) in [5, 5.41) is 0. The van der Waals surface area contributed by atoms with E-state index in [1.165, 1.54) is 5.56 Å². The molecule has 3 nitrogen and oxygen atoms in total. The van der Waals surface area contributed by atoms with Crippen LogP contribution in [0.15, 0.2) is 24.3 Å². The number of anilines is 1. The van der Waals surface area contributed by atoms with Crippen LogP contribution in [0.3, 0.4) is 0 Å². The Labute approximate surface area is 95.0 Å². The van der Waals surface area contributed by atoms with Gasteiger partial charge in [-0.3, -0.25) is 4.79 Å². The SMILES string of the molecule is O=C1CCCc2ccccc2N1CC1CO1. The largest absolute Gasteiger partial charge is 0.371 e. The summed E-state index contributed by atoms with van der Waals surface area (Å²) in [6, 6.07) is 8.20. The van der Waals surface area contributed by atoms with Crippen LogP contribution in [0.5, 0.6) is 0 Å². The molecule has 1 aromatic carbocycles. The van der Waals surface area contributed by atoms with Crippen LogP contribution in [0.25, 0.3) is 0 Å². The lowest BCUT2D eigenvalue weighted by Gasteiger charge is -2.22. The molecule has 2 aliphatic heterocycles. The van der Waals surface area contributed by atoms with Gasteiger partial charge in [-0.25, -0.2) is 0 Å². The number of para-hydroxylation sites is 1. The monoisotopic (exact) mass is 217 g/mol. The van der Waals surface area contributed by atoms with Crippen LogP contribution < -0.4 is 4.90 Å². The summed E-state index contributed by atoms with van der Waals surface area (Å²) in [7, 11) is 0. The van der Waals surface area contributed by atoms with Crippen LogP contribution in [-0.4, -0.2) is 25.2 Å². The molecule has 1 atom stereocenters. The average Bonchev–Trinajstić information content (AvgIpc) is 3.10. The van der Waals surface area contributed by atoms with E-state index in [0.717, 1.165) is 31.7 Å². The molecular weight excluding hydrogens is 202 g/mol. The second-order valence-corrected chi connectivity index (χ2v) is 4.44. The third kappa shape index (κ3) is 1.83. The van der Waals surface area contributed by atoms with Crippen molar-refractivity contribution in [2.75, 3.05) is 18.1 Å². The molecule has 1 aromatic rings. The van der Waals surface area contributed by atoms with Gasteiger partial charge in [0.15, 0.2) is 0 Å². The fourth-order valence-corrected chi connectivity index (χ4v) is 2.26. The molecule has 0 radical (unpaired) electrons. The Morgan fingerprint density at radius 3 is 2.94 bits per heavy atom. The summed E-state index contributed by atoms with van der Waals surface area (Å²) in [6.07, 6.45) is 2.87. The number of epoxide rings is 1. The third-order valence-electron chi connectivity index (χ3n) is 3.21. The van der Waals surface area contributed by atoms with Gasteiger partial charge in [-0.1, -0.05) is 18.2 Å². The molecule has 1 unspecified atom stereocenters. The molecule has 1 saturated heterocycles. The molecule has 16 heavy (non-hydrogen) atoms. The van der Waals surface area contributed by atoms with Crippen LogP contribution >= 0.6 is 0 Å². The summed E-state index contributed by atoms with van der Waals surface area (Å²) < 4.78 is 5.22. The van der Waals surface area contributed by atoms with Crippen molar-refractivity contribution >= 4 is 11.6 Å². The average molecular weight is 217 g/mol. The normalized spacial score (nSPS) is 23.9. The molecule has 84 valence electrons. The highest BCUT2D eigenvalue weighted by Gasteiger charge is 2.30. The second-order valence-electron chi connectivity index (χ2n) is 4.44. The Morgan fingerprint density at radius 1 is 1.31 bits per heavy atom. The minimum Gasteiger partial charge on any atom is -0.371 e. The molecule has 0 saturated carbocycles. The van der Waals surface area contributed by atoms with Crippen molar-refractivity contribution < 1.29 is 9.53 Å². The first-order chi connectivity index (χ1) is 7.84. The number of fused-ring (bicyclic) bond motifs is 1. The van der Waals surface area contributed by atoms with E-state index in [2.05, 4.69) is 6.07 Å². The van der Waals surface area contributed by atoms with Gasteiger partial charge in [-0.15, -0.1) is 0 Å². The van der Waals surface area contributed by atoms with Crippen molar-refractivity contribution in [3.8, 4) is 0 Å². The van der Waals surface area contributed by atoms with Crippen LogP contribution in [0.1, 0.15) is 18.4 Å². The maximum Gasteiger partial charge on any atom is 0.227 e. The van der Waals surface area contributed by atoms with Crippen molar-refractivity contribution in [1.82, 2.24) is 0 Å². The lowest BCUT2D eigenvalue weighted by Crippen LogP contribution is -2.33. The number of hydrogen-bond acceptors (Lipinski definition) is 2. The minimum atomic E-state index is 0.237. The smallest absolute Gasteiger partial charge is 0.227 e. The quantitative estimate of drug-likeness (QED) is 0.707. The highest BCUT2D eigenvalue weighted by atomic mass is 16.6. The van der Waals surface area contributed by atoms with Gasteiger partial charge >= 0.3 is 0 Å². The van der Waals surface area contributed by atoms with Crippen LogP contribution in [-0.2, 0) is 16.0 Å². The molecule has 3 heteroatoms. The fourth-order valence-electron chi connectivity index (χ4n) is 2.26. The topological polar surface area (TPSA) is 32.8 Å². The van der Waals surface area contributed by atoms with Crippen LogP contribution in [0.4, 0.5) is 5.69 Å². The molecule has 1 amide bonds. The Morgan fingerprint density at radius 2 is 2.12 bits per heavy atom. The van der Waals surface area contributed by atoms with Crippen molar-refractivity contribution in [3.63, 3.8) is 0 Å². The number of carbonyl (C=O) groups is 1. The maximum atomic E-state index is 12.0. The number of aryl methyl sites for hydroxylation is 1. The Bertz CT molecular complexity index is 412. The number of benzene rings is 1. The van der Waals surface area contributed by atoms with E-state index in [1.54, 1.807) is 0 Å². The Hall–Kier alpha value is -1.35. The van der Waals surface area contributed by atoms with Gasteiger partial charge < -0.3 is 9.64 Å². The van der Waals surface area contributed by atoms with Gasteiger partial charge in [-0.2, -0.15) is 0 Å². The van der Waals surface area contributed by atoms with Gasteiger partial charge in [0.2, 0.25) is 5.91 Å². The third-order valence-corrected chi connectivity index (χ3v) is 3.21. The molecule has 0 bridgehead atoms. The highest BCUT2D eigenvalue weighted by molar-refractivity contribution is 5.94. The lowest BCUT2D eigenvalue weighted by atomic mass is 10.1. The van der Waals surface area contributed by atoms with Crippen molar-refractivity contribution in [2.45, 2.75) is 25.4 Å². The zero-order chi connectivity index (χ0) is 11.0. The number of amides is 1. The van der Waals surface area contributed by atoms with Gasteiger partial charge in [0.1, 0.15) is 0 Å². The molecular formula is C13H15NO2. The van der Waals surface area contributed by atoms with E-state index < -0.39 is 0 Å². The first-order valence-electron chi connectivity index (χ1n) is 5.84. The summed E-state index contributed by atoms with van der Waals surface area (Å²) in [5.74, 6) is 0.237. The predicted octanol–water partition coefficient (Wildman–Crippen LogP) is 1.75.